The standard InChI is InChI=1S/C24H26N6O3/c1-25-24(32)17-5-4-15(12-26-17)30-7-6-29(19-10-20(19)30)13-14-9-18-21(27-11-14)22-16(23(31)28-18)3-2-8-33-22/h4-5,9,11-12,19-20H,2-3,6-8,10,13H2,1H3,(H,25,32)(H,28,31). The van der Waals surface area contributed by atoms with Crippen LogP contribution in [0.15, 0.2) is 35.4 Å². The number of nitrogens with one attached hydrogen (secondary N) is 2. The molecule has 1 aliphatic carbocycles. The summed E-state index contributed by atoms with van der Waals surface area (Å²) in [7, 11) is 1.61. The first-order valence-corrected chi connectivity index (χ1v) is 11.5. The Morgan fingerprint density at radius 2 is 2.15 bits per heavy atom. The maximum absolute atomic E-state index is 12.5. The second-order valence-electron chi connectivity index (χ2n) is 8.97. The molecule has 2 unspecified atom stereocenters. The Balaban J connectivity index is 1.17. The van der Waals surface area contributed by atoms with Crippen LogP contribution in [0.4, 0.5) is 5.69 Å². The summed E-state index contributed by atoms with van der Waals surface area (Å²) in [6.45, 7) is 3.26. The van der Waals surface area contributed by atoms with Gasteiger partial charge in [-0.25, -0.2) is 4.98 Å². The summed E-state index contributed by atoms with van der Waals surface area (Å²) < 4.78 is 5.79. The number of carbonyl (C=O) groups excluding carboxylic acids is 1. The van der Waals surface area contributed by atoms with E-state index in [1.54, 1.807) is 19.3 Å². The summed E-state index contributed by atoms with van der Waals surface area (Å²) >= 11 is 0. The van der Waals surface area contributed by atoms with E-state index >= 15 is 0 Å². The van der Waals surface area contributed by atoms with Gasteiger partial charge in [-0.1, -0.05) is 0 Å². The Morgan fingerprint density at radius 3 is 2.97 bits per heavy atom. The molecule has 1 saturated carbocycles. The van der Waals surface area contributed by atoms with E-state index in [1.165, 1.54) is 0 Å². The van der Waals surface area contributed by atoms with Gasteiger partial charge in [0.2, 0.25) is 0 Å². The van der Waals surface area contributed by atoms with Crippen LogP contribution in [0, 0.1) is 0 Å². The highest BCUT2D eigenvalue weighted by Gasteiger charge is 2.48. The molecule has 0 bridgehead atoms. The monoisotopic (exact) mass is 446 g/mol. The van der Waals surface area contributed by atoms with E-state index in [0.717, 1.165) is 61.2 Å². The van der Waals surface area contributed by atoms with Crippen LogP contribution in [0.2, 0.25) is 0 Å². The third-order valence-electron chi connectivity index (χ3n) is 6.92. The molecule has 2 fully saturated rings. The van der Waals surface area contributed by atoms with Crippen molar-refractivity contribution in [3.8, 4) is 5.75 Å². The predicted octanol–water partition coefficient (Wildman–Crippen LogP) is 1.47. The Bertz CT molecular complexity index is 1290. The number of aromatic nitrogens is 3. The minimum Gasteiger partial charge on any atom is -0.491 e. The van der Waals surface area contributed by atoms with Crippen molar-refractivity contribution in [2.24, 2.45) is 0 Å². The van der Waals surface area contributed by atoms with Gasteiger partial charge < -0.3 is 19.9 Å². The zero-order valence-electron chi connectivity index (χ0n) is 18.5. The fourth-order valence-electron chi connectivity index (χ4n) is 5.15. The number of amides is 1. The number of aromatic amines is 1. The van der Waals surface area contributed by atoms with Crippen molar-refractivity contribution in [3.05, 3.63) is 57.8 Å². The van der Waals surface area contributed by atoms with Gasteiger partial charge in [-0.2, -0.15) is 0 Å². The zero-order chi connectivity index (χ0) is 22.5. The molecule has 170 valence electrons. The molecule has 9 nitrogen and oxygen atoms in total. The summed E-state index contributed by atoms with van der Waals surface area (Å²) in [5.41, 5.74) is 4.71. The van der Waals surface area contributed by atoms with Gasteiger partial charge in [0.25, 0.3) is 11.5 Å². The van der Waals surface area contributed by atoms with Crippen molar-refractivity contribution in [3.63, 3.8) is 0 Å². The average molecular weight is 447 g/mol. The van der Waals surface area contributed by atoms with Crippen LogP contribution in [0.5, 0.6) is 5.75 Å². The van der Waals surface area contributed by atoms with Crippen LogP contribution in [-0.2, 0) is 13.0 Å². The van der Waals surface area contributed by atoms with Gasteiger partial charge in [0.05, 0.1) is 29.6 Å². The first-order chi connectivity index (χ1) is 16.1. The van der Waals surface area contributed by atoms with Gasteiger partial charge in [-0.05, 0) is 43.0 Å². The number of hydrogen-bond donors (Lipinski definition) is 2. The first kappa shape index (κ1) is 20.2. The maximum Gasteiger partial charge on any atom is 0.269 e. The smallest absolute Gasteiger partial charge is 0.269 e. The van der Waals surface area contributed by atoms with E-state index in [4.69, 9.17) is 4.74 Å². The SMILES string of the molecule is CNC(=O)c1ccc(N2CCN(Cc3cnc4c5c(c(=O)[nH]c4c3)CCCO5)C3CC32)cn1. The van der Waals surface area contributed by atoms with Crippen molar-refractivity contribution in [2.45, 2.75) is 37.9 Å². The molecule has 33 heavy (non-hydrogen) atoms. The minimum absolute atomic E-state index is 0.0666. The minimum atomic E-state index is -0.173. The van der Waals surface area contributed by atoms with Crippen molar-refractivity contribution in [1.82, 2.24) is 25.2 Å². The lowest BCUT2D eigenvalue weighted by atomic mass is 10.1. The van der Waals surface area contributed by atoms with Crippen molar-refractivity contribution < 1.29 is 9.53 Å². The summed E-state index contributed by atoms with van der Waals surface area (Å²) in [6.07, 6.45) is 6.41. The second-order valence-corrected chi connectivity index (χ2v) is 8.97. The Hall–Kier alpha value is -3.46. The molecule has 0 spiro atoms. The fourth-order valence-corrected chi connectivity index (χ4v) is 5.15. The highest BCUT2D eigenvalue weighted by molar-refractivity contribution is 5.92. The first-order valence-electron chi connectivity index (χ1n) is 11.5. The van der Waals surface area contributed by atoms with Gasteiger partial charge in [-0.15, -0.1) is 0 Å². The van der Waals surface area contributed by atoms with Crippen molar-refractivity contribution >= 4 is 22.6 Å². The van der Waals surface area contributed by atoms with Crippen LogP contribution >= 0.6 is 0 Å². The number of rotatable bonds is 4. The number of piperazine rings is 1. The molecule has 9 heteroatoms. The molecule has 2 atom stereocenters. The van der Waals surface area contributed by atoms with Crippen LogP contribution in [0.25, 0.3) is 11.0 Å². The molecule has 3 aromatic rings. The largest absolute Gasteiger partial charge is 0.491 e. The fraction of sp³-hybridized carbons (Fsp3) is 0.417. The van der Waals surface area contributed by atoms with E-state index in [-0.39, 0.29) is 11.5 Å². The van der Waals surface area contributed by atoms with Crippen molar-refractivity contribution in [1.29, 1.82) is 0 Å². The third kappa shape index (κ3) is 3.52. The topological polar surface area (TPSA) is 103 Å². The molecule has 2 aliphatic heterocycles. The lowest BCUT2D eigenvalue weighted by Gasteiger charge is -2.35. The number of pyridine rings is 3. The molecule has 0 aromatic carbocycles. The van der Waals surface area contributed by atoms with E-state index < -0.39 is 0 Å². The Morgan fingerprint density at radius 1 is 1.24 bits per heavy atom. The highest BCUT2D eigenvalue weighted by atomic mass is 16.5. The number of hydrogen-bond acceptors (Lipinski definition) is 7. The Labute approximate surface area is 190 Å². The second kappa shape index (κ2) is 7.84. The summed E-state index contributed by atoms with van der Waals surface area (Å²) in [4.78, 5) is 41.1. The summed E-state index contributed by atoms with van der Waals surface area (Å²) in [5, 5.41) is 2.60. The average Bonchev–Trinajstić information content (AvgIpc) is 3.65. The summed E-state index contributed by atoms with van der Waals surface area (Å²) in [6, 6.07) is 6.74. The maximum atomic E-state index is 12.5. The molecule has 6 rings (SSSR count). The van der Waals surface area contributed by atoms with Gasteiger partial charge in [0, 0.05) is 45.0 Å². The number of ether oxygens (including phenoxy) is 1. The predicted molar refractivity (Wildman–Crippen MR) is 124 cm³/mol. The van der Waals surface area contributed by atoms with Gasteiger partial charge in [0.1, 0.15) is 11.2 Å². The molecule has 0 radical (unpaired) electrons. The van der Waals surface area contributed by atoms with Crippen molar-refractivity contribution in [2.75, 3.05) is 31.6 Å². The molecular weight excluding hydrogens is 420 g/mol. The molecule has 3 aliphatic rings. The molecule has 5 heterocycles. The van der Waals surface area contributed by atoms with Gasteiger partial charge in [-0.3, -0.25) is 19.5 Å². The number of nitrogens with zero attached hydrogens (tertiary/aromatic N) is 4. The number of carbonyl (C=O) groups is 1. The lowest BCUT2D eigenvalue weighted by Crippen LogP contribution is -2.46. The van der Waals surface area contributed by atoms with E-state index in [0.29, 0.717) is 35.7 Å². The summed E-state index contributed by atoms with van der Waals surface area (Å²) in [5.74, 6) is 0.478. The van der Waals surface area contributed by atoms with Crippen LogP contribution < -0.4 is 20.5 Å². The number of anilines is 1. The van der Waals surface area contributed by atoms with Gasteiger partial charge in [0.15, 0.2) is 5.75 Å². The van der Waals surface area contributed by atoms with E-state index in [9.17, 15) is 9.59 Å². The molecular formula is C24H26N6O3. The van der Waals surface area contributed by atoms with Crippen LogP contribution in [0.3, 0.4) is 0 Å². The zero-order valence-corrected chi connectivity index (χ0v) is 18.5. The number of H-pyrrole nitrogens is 1. The quantitative estimate of drug-likeness (QED) is 0.625. The molecule has 1 saturated heterocycles. The molecule has 2 N–H and O–H groups in total. The highest BCUT2D eigenvalue weighted by Crippen LogP contribution is 2.40. The normalized spacial score (nSPS) is 21.8. The third-order valence-corrected chi connectivity index (χ3v) is 6.92. The number of fused-ring (bicyclic) bond motifs is 4. The lowest BCUT2D eigenvalue weighted by molar-refractivity contribution is 0.0958. The van der Waals surface area contributed by atoms with E-state index in [1.807, 2.05) is 18.3 Å². The van der Waals surface area contributed by atoms with E-state index in [2.05, 4.69) is 30.1 Å². The van der Waals surface area contributed by atoms with Gasteiger partial charge >= 0.3 is 0 Å². The molecule has 1 amide bonds. The molecule has 3 aromatic heterocycles. The van der Waals surface area contributed by atoms with Crippen LogP contribution in [-0.4, -0.2) is 64.6 Å². The Kier molecular flexibility index (Phi) is 4.79. The van der Waals surface area contributed by atoms with Crippen LogP contribution in [0.1, 0.15) is 34.5 Å².